The van der Waals surface area contributed by atoms with E-state index in [2.05, 4.69) is 4.98 Å². The molecule has 0 spiro atoms. The molecule has 1 aromatic rings. The van der Waals surface area contributed by atoms with Crippen molar-refractivity contribution in [2.24, 2.45) is 5.92 Å². The molecule has 0 aliphatic carbocycles. The molecular weight excluding hydrogens is 248 g/mol. The van der Waals surface area contributed by atoms with Crippen molar-refractivity contribution in [3.63, 3.8) is 0 Å². The van der Waals surface area contributed by atoms with Crippen molar-refractivity contribution < 1.29 is 19.1 Å². The Kier molecular flexibility index (Phi) is 3.87. The summed E-state index contributed by atoms with van der Waals surface area (Å²) < 4.78 is 5.33. The van der Waals surface area contributed by atoms with Gasteiger partial charge in [0.25, 0.3) is 5.91 Å². The SMILES string of the molecule is Cc1nc(C)c(C(=O)N2CCC(CCC(=O)O)C2)o1. The van der Waals surface area contributed by atoms with Crippen LogP contribution in [-0.4, -0.2) is 40.0 Å². The molecule has 104 valence electrons. The molecule has 1 aromatic heterocycles. The Hall–Kier alpha value is -1.85. The number of hydrogen-bond donors (Lipinski definition) is 1. The highest BCUT2D eigenvalue weighted by Crippen LogP contribution is 2.23. The molecule has 1 aliphatic rings. The quantitative estimate of drug-likeness (QED) is 0.895. The topological polar surface area (TPSA) is 83.6 Å². The molecule has 2 rings (SSSR count). The summed E-state index contributed by atoms with van der Waals surface area (Å²) in [5.41, 5.74) is 0.608. The summed E-state index contributed by atoms with van der Waals surface area (Å²) in [6.45, 7) is 4.72. The normalized spacial score (nSPS) is 18.8. The van der Waals surface area contributed by atoms with Crippen LogP contribution in [0.5, 0.6) is 0 Å². The Morgan fingerprint density at radius 1 is 1.47 bits per heavy atom. The van der Waals surface area contributed by atoms with Gasteiger partial charge in [-0.2, -0.15) is 0 Å². The molecule has 1 fully saturated rings. The number of hydrogen-bond acceptors (Lipinski definition) is 4. The van der Waals surface area contributed by atoms with Crippen molar-refractivity contribution in [2.45, 2.75) is 33.1 Å². The predicted octanol–water partition coefficient (Wildman–Crippen LogP) is 1.62. The van der Waals surface area contributed by atoms with Gasteiger partial charge in [0.15, 0.2) is 5.89 Å². The molecule has 1 atom stereocenters. The number of nitrogens with zero attached hydrogens (tertiary/aromatic N) is 2. The van der Waals surface area contributed by atoms with E-state index in [1.165, 1.54) is 0 Å². The lowest BCUT2D eigenvalue weighted by Crippen LogP contribution is -2.29. The van der Waals surface area contributed by atoms with Crippen LogP contribution in [0.2, 0.25) is 0 Å². The molecule has 0 aromatic carbocycles. The average molecular weight is 266 g/mol. The number of carbonyl (C=O) groups is 2. The molecule has 0 radical (unpaired) electrons. The maximum absolute atomic E-state index is 12.2. The Morgan fingerprint density at radius 2 is 2.21 bits per heavy atom. The van der Waals surface area contributed by atoms with E-state index in [1.807, 2.05) is 0 Å². The van der Waals surface area contributed by atoms with Crippen molar-refractivity contribution in [1.29, 1.82) is 0 Å². The summed E-state index contributed by atoms with van der Waals surface area (Å²) in [4.78, 5) is 28.6. The summed E-state index contributed by atoms with van der Waals surface area (Å²) in [7, 11) is 0. The minimum atomic E-state index is -0.786. The van der Waals surface area contributed by atoms with Crippen LogP contribution in [0, 0.1) is 19.8 Å². The second-order valence-electron chi connectivity index (χ2n) is 4.99. The molecule has 1 unspecified atom stereocenters. The standard InChI is InChI=1S/C13H18N2O4/c1-8-12(19-9(2)14-8)13(18)15-6-5-10(7-15)3-4-11(16)17/h10H,3-7H2,1-2H3,(H,16,17). The third-order valence-electron chi connectivity index (χ3n) is 3.44. The van der Waals surface area contributed by atoms with Gasteiger partial charge in [-0.05, 0) is 25.7 Å². The average Bonchev–Trinajstić information content (AvgIpc) is 2.92. The van der Waals surface area contributed by atoms with Crippen LogP contribution < -0.4 is 0 Å². The van der Waals surface area contributed by atoms with Crippen molar-refractivity contribution in [3.8, 4) is 0 Å². The van der Waals surface area contributed by atoms with E-state index in [4.69, 9.17) is 9.52 Å². The van der Waals surface area contributed by atoms with E-state index >= 15 is 0 Å². The second-order valence-corrected chi connectivity index (χ2v) is 4.99. The lowest BCUT2D eigenvalue weighted by Gasteiger charge is -2.14. The number of carboxylic acids is 1. The van der Waals surface area contributed by atoms with Crippen molar-refractivity contribution >= 4 is 11.9 Å². The lowest BCUT2D eigenvalue weighted by molar-refractivity contribution is -0.137. The van der Waals surface area contributed by atoms with E-state index in [0.717, 1.165) is 6.42 Å². The van der Waals surface area contributed by atoms with Crippen molar-refractivity contribution in [3.05, 3.63) is 17.3 Å². The number of aryl methyl sites for hydroxylation is 2. The third kappa shape index (κ3) is 3.13. The first-order valence-electron chi connectivity index (χ1n) is 6.42. The number of oxazole rings is 1. The molecule has 0 bridgehead atoms. The van der Waals surface area contributed by atoms with Gasteiger partial charge in [0.1, 0.15) is 0 Å². The largest absolute Gasteiger partial charge is 0.481 e. The third-order valence-corrected chi connectivity index (χ3v) is 3.44. The Balaban J connectivity index is 1.95. The number of carboxylic acid groups (broad SMARTS) is 1. The zero-order valence-electron chi connectivity index (χ0n) is 11.2. The van der Waals surface area contributed by atoms with Gasteiger partial charge in [-0.15, -0.1) is 0 Å². The number of carbonyl (C=O) groups excluding carboxylic acids is 1. The molecule has 1 N–H and O–H groups in total. The summed E-state index contributed by atoms with van der Waals surface area (Å²) in [5.74, 6) is 0.130. The van der Waals surface area contributed by atoms with Crippen LogP contribution in [0.25, 0.3) is 0 Å². The van der Waals surface area contributed by atoms with Gasteiger partial charge in [-0.3, -0.25) is 9.59 Å². The van der Waals surface area contributed by atoms with E-state index in [1.54, 1.807) is 18.7 Å². The molecule has 2 heterocycles. The molecular formula is C13H18N2O4. The number of rotatable bonds is 4. The fraction of sp³-hybridized carbons (Fsp3) is 0.615. The molecule has 0 saturated carbocycles. The highest BCUT2D eigenvalue weighted by atomic mass is 16.4. The zero-order valence-corrected chi connectivity index (χ0v) is 11.2. The smallest absolute Gasteiger partial charge is 0.303 e. The van der Waals surface area contributed by atoms with Gasteiger partial charge in [0, 0.05) is 26.4 Å². The fourth-order valence-corrected chi connectivity index (χ4v) is 2.45. The van der Waals surface area contributed by atoms with E-state index in [9.17, 15) is 9.59 Å². The van der Waals surface area contributed by atoms with Crippen LogP contribution in [0.3, 0.4) is 0 Å². The number of aromatic nitrogens is 1. The van der Waals surface area contributed by atoms with Gasteiger partial charge in [0.05, 0.1) is 5.69 Å². The van der Waals surface area contributed by atoms with E-state index < -0.39 is 5.97 Å². The summed E-state index contributed by atoms with van der Waals surface area (Å²) >= 11 is 0. The first-order chi connectivity index (χ1) is 8.97. The minimum Gasteiger partial charge on any atom is -0.481 e. The Labute approximate surface area is 111 Å². The molecule has 19 heavy (non-hydrogen) atoms. The van der Waals surface area contributed by atoms with Crippen molar-refractivity contribution in [1.82, 2.24) is 9.88 Å². The molecule has 1 saturated heterocycles. The zero-order chi connectivity index (χ0) is 14.0. The van der Waals surface area contributed by atoms with Gasteiger partial charge in [-0.25, -0.2) is 4.98 Å². The lowest BCUT2D eigenvalue weighted by atomic mass is 10.0. The van der Waals surface area contributed by atoms with Crippen LogP contribution in [0.15, 0.2) is 4.42 Å². The van der Waals surface area contributed by atoms with Crippen LogP contribution >= 0.6 is 0 Å². The maximum Gasteiger partial charge on any atom is 0.303 e. The highest BCUT2D eigenvalue weighted by Gasteiger charge is 2.30. The van der Waals surface area contributed by atoms with Gasteiger partial charge in [0.2, 0.25) is 5.76 Å². The monoisotopic (exact) mass is 266 g/mol. The summed E-state index contributed by atoms with van der Waals surface area (Å²) in [6.07, 6.45) is 1.63. The van der Waals surface area contributed by atoms with Crippen LogP contribution in [0.4, 0.5) is 0 Å². The van der Waals surface area contributed by atoms with Crippen LogP contribution in [0.1, 0.15) is 41.4 Å². The first-order valence-corrected chi connectivity index (χ1v) is 6.42. The Bertz CT molecular complexity index is 495. The van der Waals surface area contributed by atoms with E-state index in [0.29, 0.717) is 36.9 Å². The number of amides is 1. The van der Waals surface area contributed by atoms with Gasteiger partial charge >= 0.3 is 5.97 Å². The predicted molar refractivity (Wildman–Crippen MR) is 66.9 cm³/mol. The summed E-state index contributed by atoms with van der Waals surface area (Å²) in [6, 6.07) is 0. The highest BCUT2D eigenvalue weighted by molar-refractivity contribution is 5.92. The van der Waals surface area contributed by atoms with E-state index in [-0.39, 0.29) is 18.2 Å². The van der Waals surface area contributed by atoms with Gasteiger partial charge < -0.3 is 14.4 Å². The van der Waals surface area contributed by atoms with Crippen molar-refractivity contribution in [2.75, 3.05) is 13.1 Å². The number of aliphatic carboxylic acids is 1. The molecule has 1 amide bonds. The number of likely N-dealkylation sites (tertiary alicyclic amines) is 1. The summed E-state index contributed by atoms with van der Waals surface area (Å²) in [5, 5.41) is 8.66. The Morgan fingerprint density at radius 3 is 2.79 bits per heavy atom. The molecule has 6 heteroatoms. The molecule has 1 aliphatic heterocycles. The van der Waals surface area contributed by atoms with Gasteiger partial charge in [-0.1, -0.05) is 0 Å². The molecule has 6 nitrogen and oxygen atoms in total. The fourth-order valence-electron chi connectivity index (χ4n) is 2.45. The minimum absolute atomic E-state index is 0.143. The maximum atomic E-state index is 12.2. The second kappa shape index (κ2) is 5.42. The first kappa shape index (κ1) is 13.6. The van der Waals surface area contributed by atoms with Crippen LogP contribution in [-0.2, 0) is 4.79 Å².